The molecule has 2 fully saturated rings. The van der Waals surface area contributed by atoms with E-state index in [1.165, 1.54) is 0 Å². The minimum atomic E-state index is -1.12. The van der Waals surface area contributed by atoms with Gasteiger partial charge >= 0.3 is 6.09 Å². The van der Waals surface area contributed by atoms with Crippen LogP contribution in [0.4, 0.5) is 9.18 Å². The van der Waals surface area contributed by atoms with Gasteiger partial charge in [0.2, 0.25) is 0 Å². The molecule has 2 N–H and O–H groups in total. The molecule has 17 heavy (non-hydrogen) atoms. The zero-order valence-electron chi connectivity index (χ0n) is 10.6. The van der Waals surface area contributed by atoms with Crippen LogP contribution in [0, 0.1) is 0 Å². The van der Waals surface area contributed by atoms with Crippen molar-refractivity contribution in [2.75, 3.05) is 0 Å². The SMILES string of the molecule is CC(C)(C)OC(=O)N1[C@H]2CC[C@@H]1[C@H](F)[C@H](N)C2. The van der Waals surface area contributed by atoms with Crippen LogP contribution in [0.15, 0.2) is 0 Å². The molecule has 2 bridgehead atoms. The molecule has 4 nitrogen and oxygen atoms in total. The zero-order chi connectivity index (χ0) is 12.8. The van der Waals surface area contributed by atoms with Crippen molar-refractivity contribution < 1.29 is 13.9 Å². The van der Waals surface area contributed by atoms with Crippen molar-refractivity contribution in [3.05, 3.63) is 0 Å². The highest BCUT2D eigenvalue weighted by atomic mass is 19.1. The summed E-state index contributed by atoms with van der Waals surface area (Å²) in [4.78, 5) is 13.6. The maximum atomic E-state index is 13.9. The molecule has 0 saturated carbocycles. The number of nitrogens with zero attached hydrogens (tertiary/aromatic N) is 1. The zero-order valence-corrected chi connectivity index (χ0v) is 10.6. The Balaban J connectivity index is 2.10. The van der Waals surface area contributed by atoms with Crippen LogP contribution in [0.3, 0.4) is 0 Å². The molecule has 2 aliphatic heterocycles. The number of hydrogen-bond acceptors (Lipinski definition) is 3. The maximum Gasteiger partial charge on any atom is 0.410 e. The van der Waals surface area contributed by atoms with Crippen LogP contribution < -0.4 is 5.73 Å². The third-order valence-corrected chi connectivity index (χ3v) is 3.47. The summed E-state index contributed by atoms with van der Waals surface area (Å²) in [6, 6.07) is -0.776. The van der Waals surface area contributed by atoms with E-state index in [-0.39, 0.29) is 6.04 Å². The molecule has 0 spiro atoms. The lowest BCUT2D eigenvalue weighted by Gasteiger charge is -2.40. The van der Waals surface area contributed by atoms with Gasteiger partial charge in [-0.3, -0.25) is 4.90 Å². The second kappa shape index (κ2) is 4.12. The largest absolute Gasteiger partial charge is 0.444 e. The number of carbonyl (C=O) groups is 1. The second-order valence-corrected chi connectivity index (χ2v) is 6.03. The molecule has 1 amide bonds. The normalized spacial score (nSPS) is 37.1. The van der Waals surface area contributed by atoms with Crippen LogP contribution in [-0.4, -0.2) is 40.9 Å². The van der Waals surface area contributed by atoms with Gasteiger partial charge in [-0.2, -0.15) is 0 Å². The van der Waals surface area contributed by atoms with Crippen molar-refractivity contribution >= 4 is 6.09 Å². The van der Waals surface area contributed by atoms with Crippen molar-refractivity contribution in [3.8, 4) is 0 Å². The number of piperidine rings is 1. The summed E-state index contributed by atoms with van der Waals surface area (Å²) in [5.41, 5.74) is 5.20. The van der Waals surface area contributed by atoms with Gasteiger partial charge in [0.05, 0.1) is 6.04 Å². The topological polar surface area (TPSA) is 55.6 Å². The Kier molecular flexibility index (Phi) is 3.06. The van der Waals surface area contributed by atoms with E-state index in [2.05, 4.69) is 0 Å². The van der Waals surface area contributed by atoms with E-state index in [0.29, 0.717) is 12.8 Å². The molecule has 98 valence electrons. The van der Waals surface area contributed by atoms with Crippen molar-refractivity contribution in [1.29, 1.82) is 0 Å². The van der Waals surface area contributed by atoms with Crippen LogP contribution in [0.1, 0.15) is 40.0 Å². The fourth-order valence-electron chi connectivity index (χ4n) is 2.78. The Morgan fingerprint density at radius 1 is 1.41 bits per heavy atom. The predicted molar refractivity (Wildman–Crippen MR) is 62.4 cm³/mol. The lowest BCUT2D eigenvalue weighted by atomic mass is 9.97. The molecular formula is C12H21FN2O2. The predicted octanol–water partition coefficient (Wildman–Crippen LogP) is 1.82. The van der Waals surface area contributed by atoms with Crippen molar-refractivity contribution in [1.82, 2.24) is 4.90 Å². The van der Waals surface area contributed by atoms with Gasteiger partial charge in [-0.1, -0.05) is 0 Å². The lowest BCUT2D eigenvalue weighted by Crippen LogP contribution is -2.57. The molecule has 2 heterocycles. The van der Waals surface area contributed by atoms with Crippen molar-refractivity contribution in [3.63, 3.8) is 0 Å². The first-order valence-corrected chi connectivity index (χ1v) is 6.20. The number of amides is 1. The fourth-order valence-corrected chi connectivity index (χ4v) is 2.78. The lowest BCUT2D eigenvalue weighted by molar-refractivity contribution is -0.00988. The van der Waals surface area contributed by atoms with Crippen molar-refractivity contribution in [2.24, 2.45) is 5.73 Å². The van der Waals surface area contributed by atoms with Gasteiger partial charge < -0.3 is 10.5 Å². The molecular weight excluding hydrogens is 223 g/mol. The highest BCUT2D eigenvalue weighted by Gasteiger charge is 2.49. The Hall–Kier alpha value is -0.840. The average molecular weight is 244 g/mol. The third-order valence-electron chi connectivity index (χ3n) is 3.47. The number of carbonyl (C=O) groups excluding carboxylic acids is 1. The molecule has 0 radical (unpaired) electrons. The van der Waals surface area contributed by atoms with Crippen LogP contribution in [0.5, 0.6) is 0 Å². The van der Waals surface area contributed by atoms with E-state index in [1.807, 2.05) is 20.8 Å². The van der Waals surface area contributed by atoms with E-state index >= 15 is 0 Å². The minimum Gasteiger partial charge on any atom is -0.444 e. The van der Waals surface area contributed by atoms with Gasteiger partial charge in [0.1, 0.15) is 11.8 Å². The van der Waals surface area contributed by atoms with Crippen LogP contribution in [0.25, 0.3) is 0 Å². The summed E-state index contributed by atoms with van der Waals surface area (Å²) in [6.45, 7) is 5.44. The monoisotopic (exact) mass is 244 g/mol. The van der Waals surface area contributed by atoms with E-state index in [0.717, 1.165) is 6.42 Å². The quantitative estimate of drug-likeness (QED) is 0.707. The number of nitrogens with two attached hydrogens (primary N) is 1. The van der Waals surface area contributed by atoms with Gasteiger partial charge in [0.25, 0.3) is 0 Å². The molecule has 0 aliphatic carbocycles. The summed E-state index contributed by atoms with van der Waals surface area (Å²) in [7, 11) is 0. The highest BCUT2D eigenvalue weighted by molar-refractivity contribution is 5.70. The minimum absolute atomic E-state index is 0.0526. The van der Waals surface area contributed by atoms with Crippen molar-refractivity contribution in [2.45, 2.75) is 69.9 Å². The molecule has 4 atom stereocenters. The van der Waals surface area contributed by atoms with Gasteiger partial charge in [-0.05, 0) is 40.0 Å². The van der Waals surface area contributed by atoms with E-state index < -0.39 is 29.9 Å². The first-order valence-electron chi connectivity index (χ1n) is 6.20. The third kappa shape index (κ3) is 2.39. The molecule has 2 aliphatic rings. The first-order chi connectivity index (χ1) is 7.79. The first kappa shape index (κ1) is 12.6. The molecule has 5 heteroatoms. The van der Waals surface area contributed by atoms with Gasteiger partial charge in [-0.15, -0.1) is 0 Å². The fraction of sp³-hybridized carbons (Fsp3) is 0.917. The number of ether oxygens (including phenoxy) is 1. The van der Waals surface area contributed by atoms with Gasteiger partial charge in [0.15, 0.2) is 0 Å². The Morgan fingerprint density at radius 2 is 2.06 bits per heavy atom. The Morgan fingerprint density at radius 3 is 2.65 bits per heavy atom. The smallest absolute Gasteiger partial charge is 0.410 e. The van der Waals surface area contributed by atoms with E-state index in [1.54, 1.807) is 4.90 Å². The number of rotatable bonds is 0. The average Bonchev–Trinajstić information content (AvgIpc) is 2.51. The molecule has 2 saturated heterocycles. The van der Waals surface area contributed by atoms with Crippen LogP contribution in [-0.2, 0) is 4.74 Å². The van der Waals surface area contributed by atoms with E-state index in [4.69, 9.17) is 10.5 Å². The number of fused-ring (bicyclic) bond motifs is 2. The number of alkyl halides is 1. The summed E-state index contributed by atoms with van der Waals surface area (Å²) < 4.78 is 19.3. The second-order valence-electron chi connectivity index (χ2n) is 6.03. The Bertz CT molecular complexity index is 316. The summed E-state index contributed by atoms with van der Waals surface area (Å²) in [5, 5.41) is 0. The molecule has 0 aromatic heterocycles. The molecule has 2 rings (SSSR count). The van der Waals surface area contributed by atoms with E-state index in [9.17, 15) is 9.18 Å². The molecule has 0 unspecified atom stereocenters. The van der Waals surface area contributed by atoms with Crippen LogP contribution >= 0.6 is 0 Å². The number of halogens is 1. The number of hydrogen-bond donors (Lipinski definition) is 1. The summed E-state index contributed by atoms with van der Waals surface area (Å²) in [5.74, 6) is 0. The summed E-state index contributed by atoms with van der Waals surface area (Å²) in [6.07, 6.45) is 0.536. The maximum absolute atomic E-state index is 13.9. The highest BCUT2D eigenvalue weighted by Crippen LogP contribution is 2.37. The Labute approximate surface area is 101 Å². The summed E-state index contributed by atoms with van der Waals surface area (Å²) >= 11 is 0. The van der Waals surface area contributed by atoms with Crippen LogP contribution in [0.2, 0.25) is 0 Å². The van der Waals surface area contributed by atoms with Gasteiger partial charge in [-0.25, -0.2) is 9.18 Å². The standard InChI is InChI=1S/C12H21FN2O2/c1-12(2,3)17-11(16)15-7-4-5-9(15)10(13)8(14)6-7/h7-10H,4-6,14H2,1-3H3/t7-,8+,9+,10+/m0/s1. The van der Waals surface area contributed by atoms with Gasteiger partial charge in [0, 0.05) is 12.1 Å². The molecule has 0 aromatic carbocycles. The molecule has 0 aromatic rings.